The Morgan fingerprint density at radius 2 is 1.46 bits per heavy atom. The van der Waals surface area contributed by atoms with Gasteiger partial charge in [-0.05, 0) is 13.8 Å². The summed E-state index contributed by atoms with van der Waals surface area (Å²) in [7, 11) is -2.54. The largest absolute Gasteiger partial charge is 0.339 e. The summed E-state index contributed by atoms with van der Waals surface area (Å²) >= 11 is 0. The predicted molar refractivity (Wildman–Crippen MR) is 50.1 cm³/mol. The molecule has 0 aliphatic carbocycles. The average molecular weight is 228 g/mol. The van der Waals surface area contributed by atoms with E-state index in [1.165, 1.54) is 0 Å². The second-order valence-corrected chi connectivity index (χ2v) is 4.61. The Bertz CT molecular complexity index is 122. The monoisotopic (exact) mass is 228 g/mol. The summed E-state index contributed by atoms with van der Waals surface area (Å²) in [6.45, 7) is 5.92. The lowest BCUT2D eigenvalue weighted by molar-refractivity contribution is 0.205. The van der Waals surface area contributed by atoms with Gasteiger partial charge in [0.15, 0.2) is 0 Å². The van der Waals surface area contributed by atoms with Gasteiger partial charge in [-0.3, -0.25) is 0 Å². The molecule has 1 fully saturated rings. The first-order valence-corrected chi connectivity index (χ1v) is 6.36. The van der Waals surface area contributed by atoms with Gasteiger partial charge in [-0.1, -0.05) is 0 Å². The number of hydrogen-bond donors (Lipinski definition) is 0. The molecule has 1 aliphatic rings. The molecule has 0 amide bonds. The highest BCUT2D eigenvalue weighted by molar-refractivity contribution is 7.55. The quantitative estimate of drug-likeness (QED) is 0.692. The third kappa shape index (κ3) is 4.61. The van der Waals surface area contributed by atoms with Crippen molar-refractivity contribution in [2.45, 2.75) is 13.8 Å². The normalized spacial score (nSPS) is 30.0. The lowest BCUT2D eigenvalue weighted by atomic mass is 10.8. The Labute approximate surface area is 80.6 Å². The SMILES string of the molecule is CCOP1OCCOP(OCC)O1. The Hall–Kier alpha value is 0.660. The van der Waals surface area contributed by atoms with E-state index in [2.05, 4.69) is 0 Å². The summed E-state index contributed by atoms with van der Waals surface area (Å²) in [6, 6.07) is 0. The van der Waals surface area contributed by atoms with E-state index in [0.29, 0.717) is 26.4 Å². The van der Waals surface area contributed by atoms with Gasteiger partial charge < -0.3 is 18.1 Å². The zero-order chi connectivity index (χ0) is 9.52. The molecule has 0 aromatic carbocycles. The molecule has 0 bridgehead atoms. The van der Waals surface area contributed by atoms with Crippen LogP contribution in [0, 0.1) is 0 Å². The lowest BCUT2D eigenvalue weighted by Gasteiger charge is -2.15. The molecule has 0 saturated carbocycles. The van der Waals surface area contributed by atoms with Crippen molar-refractivity contribution >= 4 is 17.2 Å². The molecule has 2 unspecified atom stereocenters. The van der Waals surface area contributed by atoms with E-state index >= 15 is 0 Å². The summed E-state index contributed by atoms with van der Waals surface area (Å²) in [5, 5.41) is 0. The van der Waals surface area contributed by atoms with E-state index in [1.807, 2.05) is 13.8 Å². The first kappa shape index (κ1) is 11.7. The van der Waals surface area contributed by atoms with E-state index in [4.69, 9.17) is 22.4 Å². The van der Waals surface area contributed by atoms with Crippen LogP contribution in [-0.4, -0.2) is 26.4 Å². The van der Waals surface area contributed by atoms with Crippen LogP contribution in [0.25, 0.3) is 0 Å². The molecule has 13 heavy (non-hydrogen) atoms. The van der Waals surface area contributed by atoms with Crippen molar-refractivity contribution in [3.8, 4) is 0 Å². The summed E-state index contributed by atoms with van der Waals surface area (Å²) in [6.07, 6.45) is 0. The molecular weight excluding hydrogens is 214 g/mol. The topological polar surface area (TPSA) is 46.2 Å². The molecule has 7 heteroatoms. The second-order valence-electron chi connectivity index (χ2n) is 2.03. The molecule has 0 radical (unpaired) electrons. The molecule has 1 heterocycles. The molecule has 2 atom stereocenters. The highest BCUT2D eigenvalue weighted by Crippen LogP contribution is 2.57. The van der Waals surface area contributed by atoms with Crippen LogP contribution >= 0.6 is 17.2 Å². The van der Waals surface area contributed by atoms with Crippen LogP contribution in [-0.2, 0) is 22.4 Å². The summed E-state index contributed by atoms with van der Waals surface area (Å²) < 4.78 is 26.3. The van der Waals surface area contributed by atoms with E-state index in [0.717, 1.165) is 0 Å². The van der Waals surface area contributed by atoms with Gasteiger partial charge >= 0.3 is 17.2 Å². The van der Waals surface area contributed by atoms with Crippen LogP contribution in [0.4, 0.5) is 0 Å². The van der Waals surface area contributed by atoms with Crippen molar-refractivity contribution < 1.29 is 22.4 Å². The van der Waals surface area contributed by atoms with Crippen LogP contribution in [0.1, 0.15) is 13.8 Å². The van der Waals surface area contributed by atoms with E-state index in [9.17, 15) is 0 Å². The van der Waals surface area contributed by atoms with E-state index < -0.39 is 17.2 Å². The van der Waals surface area contributed by atoms with Crippen molar-refractivity contribution in [3.05, 3.63) is 0 Å². The summed E-state index contributed by atoms with van der Waals surface area (Å²) in [5.41, 5.74) is 0. The van der Waals surface area contributed by atoms with Gasteiger partial charge in [-0.15, -0.1) is 0 Å². The fourth-order valence-corrected chi connectivity index (χ4v) is 2.87. The average Bonchev–Trinajstić information content (AvgIpc) is 2.32. The molecule has 0 aromatic heterocycles. The standard InChI is InChI=1S/C6H14O5P2/c1-3-7-12-9-5-6-10-13(11-12)8-4-2/h3-6H2,1-2H3. The van der Waals surface area contributed by atoms with Crippen molar-refractivity contribution in [2.24, 2.45) is 0 Å². The van der Waals surface area contributed by atoms with Crippen LogP contribution in [0.3, 0.4) is 0 Å². The van der Waals surface area contributed by atoms with Gasteiger partial charge in [-0.2, -0.15) is 0 Å². The van der Waals surface area contributed by atoms with Gasteiger partial charge in [0.25, 0.3) is 0 Å². The smallest absolute Gasteiger partial charge is 0.312 e. The van der Waals surface area contributed by atoms with Crippen LogP contribution in [0.5, 0.6) is 0 Å². The summed E-state index contributed by atoms with van der Waals surface area (Å²) in [5.74, 6) is 0. The third-order valence-electron chi connectivity index (χ3n) is 1.08. The molecule has 0 N–H and O–H groups in total. The molecule has 1 aliphatic heterocycles. The van der Waals surface area contributed by atoms with Crippen LogP contribution in [0.2, 0.25) is 0 Å². The van der Waals surface area contributed by atoms with Crippen LogP contribution < -0.4 is 0 Å². The third-order valence-corrected chi connectivity index (χ3v) is 3.87. The minimum Gasteiger partial charge on any atom is -0.312 e. The second kappa shape index (κ2) is 7.02. The maximum atomic E-state index is 5.33. The Balaban J connectivity index is 2.30. The van der Waals surface area contributed by atoms with Gasteiger partial charge in [0, 0.05) is 0 Å². The molecule has 0 spiro atoms. The first-order valence-electron chi connectivity index (χ1n) is 4.16. The molecular formula is C6H14O5P2. The fraction of sp³-hybridized carbons (Fsp3) is 1.00. The summed E-state index contributed by atoms with van der Waals surface area (Å²) in [4.78, 5) is 0. The van der Waals surface area contributed by atoms with Gasteiger partial charge in [0.05, 0.1) is 26.4 Å². The molecule has 78 valence electrons. The van der Waals surface area contributed by atoms with Gasteiger partial charge in [0.1, 0.15) is 0 Å². The fourth-order valence-electron chi connectivity index (χ4n) is 0.658. The predicted octanol–water partition coefficient (Wildman–Crippen LogP) is 2.58. The highest BCUT2D eigenvalue weighted by Gasteiger charge is 2.25. The van der Waals surface area contributed by atoms with E-state index in [1.54, 1.807) is 0 Å². The maximum absolute atomic E-state index is 5.33. The zero-order valence-electron chi connectivity index (χ0n) is 7.76. The zero-order valence-corrected chi connectivity index (χ0v) is 9.55. The Morgan fingerprint density at radius 1 is 1.00 bits per heavy atom. The van der Waals surface area contributed by atoms with E-state index in [-0.39, 0.29) is 0 Å². The Morgan fingerprint density at radius 3 is 1.85 bits per heavy atom. The minimum atomic E-state index is -1.27. The minimum absolute atomic E-state index is 0.498. The molecule has 0 aromatic rings. The van der Waals surface area contributed by atoms with Crippen molar-refractivity contribution in [2.75, 3.05) is 26.4 Å². The highest BCUT2D eigenvalue weighted by atomic mass is 31.2. The molecule has 5 nitrogen and oxygen atoms in total. The molecule has 1 rings (SSSR count). The van der Waals surface area contributed by atoms with Crippen molar-refractivity contribution in [1.29, 1.82) is 0 Å². The first-order chi connectivity index (χ1) is 6.36. The maximum Gasteiger partial charge on any atom is 0.339 e. The van der Waals surface area contributed by atoms with Crippen LogP contribution in [0.15, 0.2) is 0 Å². The van der Waals surface area contributed by atoms with Gasteiger partial charge in [-0.25, -0.2) is 4.31 Å². The van der Waals surface area contributed by atoms with Gasteiger partial charge in [0.2, 0.25) is 0 Å². The number of hydrogen-bond acceptors (Lipinski definition) is 5. The lowest BCUT2D eigenvalue weighted by Crippen LogP contribution is -1.94. The number of rotatable bonds is 4. The molecule has 1 saturated heterocycles. The van der Waals surface area contributed by atoms with Crippen molar-refractivity contribution in [3.63, 3.8) is 0 Å². The van der Waals surface area contributed by atoms with Crippen molar-refractivity contribution in [1.82, 2.24) is 0 Å². The Kier molecular flexibility index (Phi) is 6.33.